The third-order valence-corrected chi connectivity index (χ3v) is 19.0. The van der Waals surface area contributed by atoms with Crippen LogP contribution in [0.5, 0.6) is 0 Å². The van der Waals surface area contributed by atoms with Gasteiger partial charge in [0.2, 0.25) is 5.91 Å². The number of aliphatic hydroxyl groups excluding tert-OH is 5. The molecule has 0 aromatic rings. The Morgan fingerprint density at radius 2 is 1.41 bits per heavy atom. The summed E-state index contributed by atoms with van der Waals surface area (Å²) < 4.78 is 42.1. The zero-order valence-corrected chi connectivity index (χ0v) is 41.9. The molecule has 0 spiro atoms. The first-order valence-electron chi connectivity index (χ1n) is 25.7. The molecule has 1 amide bonds. The van der Waals surface area contributed by atoms with Gasteiger partial charge in [0, 0.05) is 49.0 Å². The number of amides is 1. The van der Waals surface area contributed by atoms with E-state index in [1.807, 2.05) is 13.8 Å². The molecule has 0 aromatic heterocycles. The van der Waals surface area contributed by atoms with Crippen molar-refractivity contribution in [1.82, 2.24) is 4.90 Å². The molecule has 5 aliphatic heterocycles. The highest BCUT2D eigenvalue weighted by atomic mass is 32.1. The van der Waals surface area contributed by atoms with E-state index in [9.17, 15) is 45.0 Å². The van der Waals surface area contributed by atoms with Crippen LogP contribution in [0.4, 0.5) is 0 Å². The maximum atomic E-state index is 12.6. The number of cyclic esters (lactones) is 1. The van der Waals surface area contributed by atoms with Crippen LogP contribution in [0, 0.1) is 40.4 Å². The second-order valence-corrected chi connectivity index (χ2v) is 22.8. The van der Waals surface area contributed by atoms with Crippen molar-refractivity contribution in [1.29, 1.82) is 0 Å². The molecule has 392 valence electrons. The third kappa shape index (κ3) is 10.2. The number of likely N-dealkylation sites (tertiary alicyclic amines) is 1. The van der Waals surface area contributed by atoms with Gasteiger partial charge in [-0.15, -0.1) is 0 Å². The summed E-state index contributed by atoms with van der Waals surface area (Å²) in [6.45, 7) is 12.2. The number of rotatable bonds is 10. The Labute approximate surface area is 411 Å². The summed E-state index contributed by atoms with van der Waals surface area (Å²) in [5, 5.41) is 75.7. The highest BCUT2D eigenvalue weighted by Crippen LogP contribution is 2.70. The molecule has 0 radical (unpaired) electrons. The Bertz CT molecular complexity index is 1840. The number of carboxylic acids is 1. The van der Waals surface area contributed by atoms with E-state index in [4.69, 9.17) is 38.3 Å². The summed E-state index contributed by atoms with van der Waals surface area (Å²) in [5.74, 6) is -0.525. The minimum atomic E-state index is -1.01. The van der Waals surface area contributed by atoms with Crippen LogP contribution in [0.2, 0.25) is 0 Å². The molecule has 0 unspecified atom stereocenters. The predicted molar refractivity (Wildman–Crippen MR) is 248 cm³/mol. The standard InChI is InChI=1S/C41H64O14.C9H15NO3S/c1-19-36(47)28(42)15-34(50-19)54-38-21(3)52-35(17-30(38)44)55-37-20(2)51-33(16-29(37)43)53-24-8-10-39(4)23(13-24)6-7-26-27(39)14-31(45)40(5)25(9-11-41(26,40)48)22-12-32(46)49-18-22;1-6(5-14)8(11)10-4-2-3-7(10)9(12)13/h12,19-21,23-31,33-38,42-45,47-48H,6-11,13-18H2,1-5H3;6-7,14H,2-5H2,1H3,(H,12,13)/t19-,20-,21-,23-,24+,25-,26-,27+,28+,29+,30+,31-,33+,34+,35+,36-,37-,38-,39+,40+,41+;6-,7+/m11/s1. The number of carbonyl (C=O) groups is 3. The number of ether oxygens (including phenoxy) is 7. The lowest BCUT2D eigenvalue weighted by Crippen LogP contribution is -2.67. The van der Waals surface area contributed by atoms with Crippen molar-refractivity contribution < 1.29 is 83.3 Å². The molecular weight excluding hydrogens is 919 g/mol. The fourth-order valence-electron chi connectivity index (χ4n) is 14.4. The van der Waals surface area contributed by atoms with E-state index in [0.717, 1.165) is 50.5 Å². The van der Waals surface area contributed by atoms with Gasteiger partial charge in [0.25, 0.3) is 0 Å². The zero-order valence-electron chi connectivity index (χ0n) is 41.0. The number of hydrogen-bond acceptors (Lipinski definition) is 17. The number of nitrogens with zero attached hydrogens (tertiary/aromatic N) is 1. The first-order chi connectivity index (χ1) is 32.6. The van der Waals surface area contributed by atoms with E-state index in [1.165, 1.54) is 4.90 Å². The van der Waals surface area contributed by atoms with Gasteiger partial charge in [-0.05, 0) is 120 Å². The van der Waals surface area contributed by atoms with Crippen molar-refractivity contribution in [3.63, 3.8) is 0 Å². The summed E-state index contributed by atoms with van der Waals surface area (Å²) in [6, 6.07) is -0.621. The lowest BCUT2D eigenvalue weighted by molar-refractivity contribution is -0.336. The van der Waals surface area contributed by atoms with Gasteiger partial charge in [-0.25, -0.2) is 9.59 Å². The summed E-state index contributed by atoms with van der Waals surface area (Å²) in [4.78, 5) is 35.9. The Kier molecular flexibility index (Phi) is 16.3. The quantitative estimate of drug-likeness (QED) is 0.0889. The predicted octanol–water partition coefficient (Wildman–Crippen LogP) is 2.85. The second-order valence-electron chi connectivity index (χ2n) is 22.4. The molecule has 0 aromatic carbocycles. The molecule has 4 saturated carbocycles. The number of aliphatic hydroxyl groups is 6. The highest BCUT2D eigenvalue weighted by molar-refractivity contribution is 7.80. The fourth-order valence-corrected chi connectivity index (χ4v) is 14.6. The molecule has 4 aliphatic carbocycles. The van der Waals surface area contributed by atoms with Gasteiger partial charge in [-0.2, -0.15) is 12.6 Å². The van der Waals surface area contributed by atoms with Gasteiger partial charge in [0.1, 0.15) is 31.0 Å². The fraction of sp³-hybridized carbons (Fsp3) is 0.900. The van der Waals surface area contributed by atoms with Crippen molar-refractivity contribution in [2.45, 2.75) is 223 Å². The Balaban J connectivity index is 0.000000395. The van der Waals surface area contributed by atoms with Crippen LogP contribution < -0.4 is 0 Å². The molecular formula is C50H79NO17S. The van der Waals surface area contributed by atoms with Crippen molar-refractivity contribution in [3.8, 4) is 0 Å². The van der Waals surface area contributed by atoms with Gasteiger partial charge in [0.15, 0.2) is 18.9 Å². The SMILES string of the molecule is C[C@H](CS)C(=O)N1CCC[C@H]1C(=O)O.C[C@H]1O[C@@H](O[C@H]2[C@@H](O)C[C@H](O[C@H]3[C@@H](O)C[C@H](O[C@H]4CC[C@@]5(C)[C@H](CC[C@@H]6[C@@H]5C[C@@H](O)[C@]5(C)[C@@H](C7=CC(=O)OC7)CC[C@]65O)C4)O[C@@H]3C)O[C@@H]2C)C[C@H](O)[C@@H]1O. The summed E-state index contributed by atoms with van der Waals surface area (Å²) >= 11 is 4.03. The van der Waals surface area contributed by atoms with Crippen LogP contribution in [0.25, 0.3) is 0 Å². The first-order valence-corrected chi connectivity index (χ1v) is 26.3. The Morgan fingerprint density at radius 3 is 1.97 bits per heavy atom. The molecule has 7 N–H and O–H groups in total. The monoisotopic (exact) mass is 998 g/mol. The van der Waals surface area contributed by atoms with Gasteiger partial charge < -0.3 is 73.8 Å². The summed E-state index contributed by atoms with van der Waals surface area (Å²) in [7, 11) is 0. The molecule has 4 saturated heterocycles. The molecule has 8 fully saturated rings. The van der Waals surface area contributed by atoms with Crippen LogP contribution in [0.15, 0.2) is 11.6 Å². The average molecular weight is 998 g/mol. The summed E-state index contributed by atoms with van der Waals surface area (Å²) in [5.41, 5.74) is -0.892. The number of hydrogen-bond donors (Lipinski definition) is 8. The lowest BCUT2D eigenvalue weighted by Gasteiger charge is -2.65. The minimum absolute atomic E-state index is 0.0452. The number of esters is 1. The van der Waals surface area contributed by atoms with Crippen LogP contribution >= 0.6 is 12.6 Å². The van der Waals surface area contributed by atoms with Crippen LogP contribution in [-0.2, 0) is 47.5 Å². The maximum absolute atomic E-state index is 12.6. The molecule has 9 aliphatic rings. The van der Waals surface area contributed by atoms with Crippen molar-refractivity contribution in [2.75, 3.05) is 18.9 Å². The van der Waals surface area contributed by atoms with Gasteiger partial charge >= 0.3 is 11.9 Å². The van der Waals surface area contributed by atoms with E-state index in [1.54, 1.807) is 26.8 Å². The highest BCUT2D eigenvalue weighted by Gasteiger charge is 2.71. The summed E-state index contributed by atoms with van der Waals surface area (Å²) in [6.07, 6.45) is -0.162. The van der Waals surface area contributed by atoms with Gasteiger partial charge in [-0.3, -0.25) is 4.79 Å². The van der Waals surface area contributed by atoms with E-state index < -0.39 is 103 Å². The van der Waals surface area contributed by atoms with E-state index in [2.05, 4.69) is 19.6 Å². The lowest BCUT2D eigenvalue weighted by atomic mass is 9.42. The minimum Gasteiger partial charge on any atom is -0.480 e. The number of aliphatic carboxylic acids is 1. The maximum Gasteiger partial charge on any atom is 0.331 e. The number of fused-ring (bicyclic) bond motifs is 5. The number of carboxylic acid groups (broad SMARTS) is 1. The zero-order chi connectivity index (χ0) is 49.9. The van der Waals surface area contributed by atoms with Crippen molar-refractivity contribution >= 4 is 30.5 Å². The van der Waals surface area contributed by atoms with Gasteiger partial charge in [-0.1, -0.05) is 20.8 Å². The largest absolute Gasteiger partial charge is 0.480 e. The van der Waals surface area contributed by atoms with Crippen LogP contribution in [0.1, 0.15) is 125 Å². The molecule has 9 rings (SSSR count). The first kappa shape index (κ1) is 53.3. The topological polar surface area (TPSA) is 261 Å². The number of thiol groups is 1. The molecule has 69 heavy (non-hydrogen) atoms. The van der Waals surface area contributed by atoms with Crippen molar-refractivity contribution in [3.05, 3.63) is 11.6 Å². The average Bonchev–Trinajstić information content (AvgIpc) is 4.04. The number of carbonyl (C=O) groups excluding carboxylic acids is 2. The Hall–Kier alpha value is -1.98. The van der Waals surface area contributed by atoms with Gasteiger partial charge in [0.05, 0.1) is 54.4 Å². The van der Waals surface area contributed by atoms with Crippen LogP contribution in [-0.4, -0.2) is 175 Å². The molecule has 19 heteroatoms. The van der Waals surface area contributed by atoms with Crippen molar-refractivity contribution in [2.24, 2.45) is 40.4 Å². The molecule has 23 atom stereocenters. The smallest absolute Gasteiger partial charge is 0.331 e. The normalized spacial score (nSPS) is 49.1. The third-order valence-electron chi connectivity index (χ3n) is 18.5. The van der Waals surface area contributed by atoms with Crippen LogP contribution in [0.3, 0.4) is 0 Å². The van der Waals surface area contributed by atoms with E-state index >= 15 is 0 Å². The molecule has 18 nitrogen and oxygen atoms in total. The molecule has 5 heterocycles. The van der Waals surface area contributed by atoms with E-state index in [0.29, 0.717) is 37.5 Å². The second kappa shape index (κ2) is 21.1. The Morgan fingerprint density at radius 1 is 0.797 bits per heavy atom. The van der Waals surface area contributed by atoms with E-state index in [-0.39, 0.29) is 72.9 Å². The molecule has 0 bridgehead atoms.